The molecule has 1 heterocycles. The maximum absolute atomic E-state index is 12.2. The quantitative estimate of drug-likeness (QED) is 0.760. The minimum atomic E-state index is -0.0187. The molecule has 4 heteroatoms. The normalized spacial score (nSPS) is 12.2. The van der Waals surface area contributed by atoms with Crippen molar-refractivity contribution in [2.75, 3.05) is 11.9 Å². The first-order valence-corrected chi connectivity index (χ1v) is 7.38. The molecule has 112 valence electrons. The SMILES string of the molecule is C[C@H]([NH2+]CC(=O)Nc1cccc2ccccc12)c1ccco1. The summed E-state index contributed by atoms with van der Waals surface area (Å²) in [5.74, 6) is 0.854. The lowest BCUT2D eigenvalue weighted by Crippen LogP contribution is -2.86. The number of quaternary nitrogens is 1. The molecule has 0 aliphatic carbocycles. The molecule has 22 heavy (non-hydrogen) atoms. The van der Waals surface area contributed by atoms with Gasteiger partial charge in [-0.3, -0.25) is 4.79 Å². The van der Waals surface area contributed by atoms with Crippen molar-refractivity contribution in [3.8, 4) is 0 Å². The third kappa shape index (κ3) is 3.18. The highest BCUT2D eigenvalue weighted by atomic mass is 16.3. The fourth-order valence-corrected chi connectivity index (χ4v) is 2.49. The number of carbonyl (C=O) groups excluding carboxylic acids is 1. The summed E-state index contributed by atoms with van der Waals surface area (Å²) in [4.78, 5) is 12.2. The van der Waals surface area contributed by atoms with Crippen molar-refractivity contribution >= 4 is 22.4 Å². The standard InChI is InChI=1S/C18H18N2O2/c1-13(17-10-5-11-22-17)19-12-18(21)20-16-9-4-7-14-6-2-3-8-15(14)16/h2-11,13,19H,12H2,1H3,(H,20,21)/p+1/t13-/m0/s1. The van der Waals surface area contributed by atoms with E-state index in [9.17, 15) is 4.79 Å². The molecule has 1 amide bonds. The van der Waals surface area contributed by atoms with E-state index < -0.39 is 0 Å². The van der Waals surface area contributed by atoms with Gasteiger partial charge in [0.15, 0.2) is 12.3 Å². The maximum Gasteiger partial charge on any atom is 0.279 e. The van der Waals surface area contributed by atoms with Gasteiger partial charge in [0, 0.05) is 11.1 Å². The van der Waals surface area contributed by atoms with E-state index in [1.54, 1.807) is 6.26 Å². The number of hydrogen-bond donors (Lipinski definition) is 2. The second kappa shape index (κ2) is 6.45. The van der Waals surface area contributed by atoms with Crippen molar-refractivity contribution in [2.24, 2.45) is 0 Å². The van der Waals surface area contributed by atoms with Crippen molar-refractivity contribution in [3.63, 3.8) is 0 Å². The zero-order valence-electron chi connectivity index (χ0n) is 12.5. The molecule has 0 radical (unpaired) electrons. The average molecular weight is 295 g/mol. The van der Waals surface area contributed by atoms with Crippen LogP contribution in [0.1, 0.15) is 18.7 Å². The minimum absolute atomic E-state index is 0.0187. The van der Waals surface area contributed by atoms with Crippen LogP contribution in [0.3, 0.4) is 0 Å². The number of fused-ring (bicyclic) bond motifs is 1. The van der Waals surface area contributed by atoms with Crippen LogP contribution >= 0.6 is 0 Å². The molecular formula is C18H19N2O2+. The molecule has 4 nitrogen and oxygen atoms in total. The van der Waals surface area contributed by atoms with Crippen LogP contribution in [0.2, 0.25) is 0 Å². The summed E-state index contributed by atoms with van der Waals surface area (Å²) in [7, 11) is 0. The fraction of sp³-hybridized carbons (Fsp3) is 0.167. The van der Waals surface area contributed by atoms with E-state index in [0.29, 0.717) is 6.54 Å². The molecule has 0 bridgehead atoms. The zero-order valence-corrected chi connectivity index (χ0v) is 12.5. The van der Waals surface area contributed by atoms with Crippen LogP contribution in [0.5, 0.6) is 0 Å². The summed E-state index contributed by atoms with van der Waals surface area (Å²) in [6, 6.07) is 17.8. The number of anilines is 1. The van der Waals surface area contributed by atoms with E-state index in [1.807, 2.05) is 66.8 Å². The van der Waals surface area contributed by atoms with Crippen molar-refractivity contribution in [1.82, 2.24) is 0 Å². The van der Waals surface area contributed by atoms with Gasteiger partial charge in [-0.2, -0.15) is 0 Å². The first-order valence-electron chi connectivity index (χ1n) is 7.38. The van der Waals surface area contributed by atoms with Gasteiger partial charge in [0.05, 0.1) is 6.26 Å². The summed E-state index contributed by atoms with van der Waals surface area (Å²) >= 11 is 0. The lowest BCUT2D eigenvalue weighted by Gasteiger charge is -2.10. The molecule has 0 saturated heterocycles. The number of benzene rings is 2. The van der Waals surface area contributed by atoms with Gasteiger partial charge in [0.25, 0.3) is 5.91 Å². The summed E-state index contributed by atoms with van der Waals surface area (Å²) < 4.78 is 5.34. The van der Waals surface area contributed by atoms with Gasteiger partial charge in [-0.15, -0.1) is 0 Å². The lowest BCUT2D eigenvalue weighted by atomic mass is 10.1. The summed E-state index contributed by atoms with van der Waals surface area (Å²) in [5, 5.41) is 7.11. The van der Waals surface area contributed by atoms with Gasteiger partial charge in [-0.25, -0.2) is 0 Å². The summed E-state index contributed by atoms with van der Waals surface area (Å²) in [6.45, 7) is 2.37. The highest BCUT2D eigenvalue weighted by molar-refractivity contribution is 6.02. The van der Waals surface area contributed by atoms with Gasteiger partial charge >= 0.3 is 0 Å². The smallest absolute Gasteiger partial charge is 0.279 e. The van der Waals surface area contributed by atoms with Crippen LogP contribution in [0.25, 0.3) is 10.8 Å². The van der Waals surface area contributed by atoms with Crippen LogP contribution in [-0.4, -0.2) is 12.5 Å². The van der Waals surface area contributed by atoms with Crippen molar-refractivity contribution < 1.29 is 14.5 Å². The molecule has 0 saturated carbocycles. The first-order chi connectivity index (χ1) is 10.7. The van der Waals surface area contributed by atoms with E-state index in [-0.39, 0.29) is 11.9 Å². The van der Waals surface area contributed by atoms with Crippen LogP contribution < -0.4 is 10.6 Å². The Morgan fingerprint density at radius 3 is 2.77 bits per heavy atom. The van der Waals surface area contributed by atoms with Crippen molar-refractivity contribution in [2.45, 2.75) is 13.0 Å². The predicted octanol–water partition coefficient (Wildman–Crippen LogP) is 2.70. The Kier molecular flexibility index (Phi) is 4.21. The molecule has 0 unspecified atom stereocenters. The Morgan fingerprint density at radius 1 is 1.14 bits per heavy atom. The average Bonchev–Trinajstić information content (AvgIpc) is 3.07. The van der Waals surface area contributed by atoms with Crippen LogP contribution in [0.15, 0.2) is 65.3 Å². The van der Waals surface area contributed by atoms with Gasteiger partial charge in [-0.1, -0.05) is 36.4 Å². The van der Waals surface area contributed by atoms with Gasteiger partial charge in [0.1, 0.15) is 6.04 Å². The Hall–Kier alpha value is -2.59. The second-order valence-electron chi connectivity index (χ2n) is 5.32. The molecule has 1 atom stereocenters. The molecular weight excluding hydrogens is 276 g/mol. The third-order valence-corrected chi connectivity index (χ3v) is 3.71. The Balaban J connectivity index is 1.64. The Bertz CT molecular complexity index is 760. The second-order valence-corrected chi connectivity index (χ2v) is 5.32. The van der Waals surface area contributed by atoms with Crippen LogP contribution in [-0.2, 0) is 4.79 Å². The van der Waals surface area contributed by atoms with Gasteiger partial charge in [-0.05, 0) is 30.5 Å². The largest absolute Gasteiger partial charge is 0.463 e. The number of hydrogen-bond acceptors (Lipinski definition) is 2. The molecule has 0 fully saturated rings. The van der Waals surface area contributed by atoms with Crippen LogP contribution in [0, 0.1) is 0 Å². The van der Waals surface area contributed by atoms with E-state index in [4.69, 9.17) is 4.42 Å². The van der Waals surface area contributed by atoms with Crippen molar-refractivity contribution in [3.05, 3.63) is 66.6 Å². The highest BCUT2D eigenvalue weighted by Gasteiger charge is 2.14. The number of carbonyl (C=O) groups is 1. The van der Waals surface area contributed by atoms with Crippen molar-refractivity contribution in [1.29, 1.82) is 0 Å². The number of rotatable bonds is 5. The van der Waals surface area contributed by atoms with Gasteiger partial charge < -0.3 is 15.1 Å². The monoisotopic (exact) mass is 295 g/mol. The molecule has 3 aromatic rings. The molecule has 0 spiro atoms. The van der Waals surface area contributed by atoms with Crippen LogP contribution in [0.4, 0.5) is 5.69 Å². The molecule has 2 aromatic carbocycles. The molecule has 3 rings (SSSR count). The van der Waals surface area contributed by atoms with E-state index in [2.05, 4.69) is 5.32 Å². The number of furan rings is 1. The highest BCUT2D eigenvalue weighted by Crippen LogP contribution is 2.22. The Morgan fingerprint density at radius 2 is 1.95 bits per heavy atom. The van der Waals surface area contributed by atoms with Gasteiger partial charge in [0.2, 0.25) is 0 Å². The zero-order chi connectivity index (χ0) is 15.4. The number of nitrogens with two attached hydrogens (primary N) is 1. The maximum atomic E-state index is 12.2. The van der Waals surface area contributed by atoms with E-state index in [0.717, 1.165) is 22.2 Å². The fourth-order valence-electron chi connectivity index (χ4n) is 2.49. The Labute approximate surface area is 129 Å². The minimum Gasteiger partial charge on any atom is -0.463 e. The van der Waals surface area contributed by atoms with E-state index in [1.165, 1.54) is 0 Å². The summed E-state index contributed by atoms with van der Waals surface area (Å²) in [6.07, 6.45) is 1.65. The molecule has 0 aliphatic heterocycles. The molecule has 0 aliphatic rings. The molecule has 1 aromatic heterocycles. The predicted molar refractivity (Wildman–Crippen MR) is 86.5 cm³/mol. The van der Waals surface area contributed by atoms with E-state index >= 15 is 0 Å². The third-order valence-electron chi connectivity index (χ3n) is 3.71. The first kappa shape index (κ1) is 14.4. The number of amides is 1. The topological polar surface area (TPSA) is 58.9 Å². The number of nitrogens with one attached hydrogen (secondary N) is 1. The lowest BCUT2D eigenvalue weighted by molar-refractivity contribution is -0.684. The summed E-state index contributed by atoms with van der Waals surface area (Å²) in [5.41, 5.74) is 0.849. The molecule has 3 N–H and O–H groups in total.